The van der Waals surface area contributed by atoms with Gasteiger partial charge >= 0.3 is 11.9 Å². The Balaban J connectivity index is 1.41. The summed E-state index contributed by atoms with van der Waals surface area (Å²) in [5.74, 6) is -8.38. The van der Waals surface area contributed by atoms with Gasteiger partial charge in [-0.1, -0.05) is 37.2 Å². The molecule has 9 N–H and O–H groups in total. The van der Waals surface area contributed by atoms with Gasteiger partial charge in [-0.15, -0.1) is 0 Å². The summed E-state index contributed by atoms with van der Waals surface area (Å²) < 4.78 is 34.1. The van der Waals surface area contributed by atoms with Crippen LogP contribution in [0.5, 0.6) is 11.5 Å². The second kappa shape index (κ2) is 19.5. The van der Waals surface area contributed by atoms with Crippen molar-refractivity contribution in [2.75, 3.05) is 33.4 Å². The van der Waals surface area contributed by atoms with Crippen molar-refractivity contribution in [1.29, 1.82) is 0 Å². The van der Waals surface area contributed by atoms with Crippen LogP contribution in [0.4, 0.5) is 4.79 Å². The lowest BCUT2D eigenvalue weighted by Crippen LogP contribution is -2.61. The minimum absolute atomic E-state index is 0.0403. The lowest BCUT2D eigenvalue weighted by atomic mass is 9.82. The molecule has 1 saturated heterocycles. The second-order valence-electron chi connectivity index (χ2n) is 16.4. The van der Waals surface area contributed by atoms with Crippen molar-refractivity contribution in [3.63, 3.8) is 0 Å². The smallest absolute Gasteiger partial charge is 0.407 e. The number of methoxy groups -OCH3 is 1. The van der Waals surface area contributed by atoms with Crippen LogP contribution in [-0.4, -0.2) is 136 Å². The van der Waals surface area contributed by atoms with E-state index < -0.39 is 106 Å². The van der Waals surface area contributed by atoms with Gasteiger partial charge in [0, 0.05) is 63.1 Å². The third kappa shape index (κ3) is 9.47. The van der Waals surface area contributed by atoms with Crippen molar-refractivity contribution < 1.29 is 72.3 Å². The summed E-state index contributed by atoms with van der Waals surface area (Å²) in [5, 5.41) is 43.1. The molecule has 21 nitrogen and oxygen atoms in total. The Labute approximate surface area is 373 Å². The molecule has 2 amide bonds. The molecule has 7 rings (SSSR count). The number of allylic oxidation sites excluding steroid dienone is 4. The van der Waals surface area contributed by atoms with Gasteiger partial charge in [-0.25, -0.2) is 4.79 Å². The molecule has 1 aliphatic carbocycles. The normalized spacial score (nSPS) is 30.3. The molecule has 5 heterocycles. The number of rotatable bonds is 6. The molecular formula is C44H54N6O15. The van der Waals surface area contributed by atoms with Gasteiger partial charge < -0.3 is 70.5 Å². The third-order valence-electron chi connectivity index (χ3n) is 12.0. The van der Waals surface area contributed by atoms with Crippen LogP contribution in [0.25, 0.3) is 0 Å². The van der Waals surface area contributed by atoms with Crippen molar-refractivity contribution in [1.82, 2.24) is 20.7 Å². The number of aromatic hydroxyl groups is 1. The standard InChI is InChI=1S/C44H54N6O15/c1-19-9-8-10-20(2)42(58)48-32-33(50-12-15-61-16-13-50)37(55)27-28(36(32)54)35(53)22(4)39-29(27)41(57)44(6,64-39)62-14-11-26(60-7)21(3)40(31(46)38(56)30(45)34(19)52)63-43(59)47-18-24-17-25(23(5)51)49-65-24/h8-11,14,17,19,21,26,30-31,34,38,40,52-53,56H,12-13,15-16,18,45-46H2,1-7H3,(H,47,59)(H,48,58)/b9-8+,14-11?,20-10-/t19-,21+,26-,30+,31+,34-,38+,40+,44-/m0/s1. The van der Waals surface area contributed by atoms with E-state index in [0.717, 1.165) is 6.26 Å². The molecule has 0 spiro atoms. The maximum atomic E-state index is 14.7. The number of fused-ring (bicyclic) bond motifs is 14. The summed E-state index contributed by atoms with van der Waals surface area (Å²) in [4.78, 5) is 84.0. The van der Waals surface area contributed by atoms with E-state index in [1.54, 1.807) is 18.7 Å². The first kappa shape index (κ1) is 48.2. The molecule has 5 bridgehead atoms. The number of phenols is 1. The Morgan fingerprint density at radius 3 is 2.35 bits per heavy atom. The molecule has 1 aromatic heterocycles. The number of Topliss-reactive ketones (excluding diaryl/α,β-unsaturated/α-hetero) is 4. The van der Waals surface area contributed by atoms with Crippen LogP contribution in [0.3, 0.4) is 0 Å². The van der Waals surface area contributed by atoms with E-state index >= 15 is 0 Å². The number of ether oxygens (including phenoxy) is 5. The zero-order chi connectivity index (χ0) is 47.7. The number of alkyl carbamates (subject to hydrolysis) is 1. The van der Waals surface area contributed by atoms with Crippen molar-refractivity contribution in [2.24, 2.45) is 23.3 Å². The molecule has 0 radical (unpaired) electrons. The van der Waals surface area contributed by atoms with Gasteiger partial charge in [-0.2, -0.15) is 0 Å². The van der Waals surface area contributed by atoms with Gasteiger partial charge in [0.25, 0.3) is 11.7 Å². The summed E-state index contributed by atoms with van der Waals surface area (Å²) >= 11 is 0. The lowest BCUT2D eigenvalue weighted by Gasteiger charge is -2.37. The monoisotopic (exact) mass is 906 g/mol. The summed E-state index contributed by atoms with van der Waals surface area (Å²) in [7, 11) is 1.32. The first-order chi connectivity index (χ1) is 30.7. The number of carbonyl (C=O) groups is 6. The van der Waals surface area contributed by atoms with Crippen LogP contribution in [0, 0.1) is 18.8 Å². The van der Waals surface area contributed by atoms with Crippen LogP contribution in [0.15, 0.2) is 58.1 Å². The van der Waals surface area contributed by atoms with Gasteiger partial charge in [-0.05, 0) is 19.9 Å². The largest absolute Gasteiger partial charge is 0.507 e. The number of aliphatic hydroxyl groups is 2. The first-order valence-electron chi connectivity index (χ1n) is 20.8. The Hall–Kier alpha value is -6.23. The predicted octanol–water partition coefficient (Wildman–Crippen LogP) is 1.23. The predicted molar refractivity (Wildman–Crippen MR) is 226 cm³/mol. The molecule has 9 atom stereocenters. The number of morpholine rings is 1. The SMILES string of the molecule is CO[C@H]1C=CO[C@@]2(C)Oc3c(C)c(O)c4c(c3C2=O)C(=O)C(N2CCOCC2)=C(NC(=O)/C(C)=C\C=C\[C@H](C)[C@H](O)[C@@H](N)[C@@H](O)[C@@H](N)[C@H](OC(=O)NCc2cc(C(C)=O)no2)[C@@H]1C)C4=O. The highest BCUT2D eigenvalue weighted by Gasteiger charge is 2.53. The van der Waals surface area contributed by atoms with E-state index in [-0.39, 0.29) is 78.2 Å². The summed E-state index contributed by atoms with van der Waals surface area (Å²) in [6, 6.07) is -1.56. The number of phenolic OH excluding ortho intramolecular Hbond substituents is 1. The van der Waals surface area contributed by atoms with Crippen molar-refractivity contribution in [2.45, 2.75) is 90.4 Å². The van der Waals surface area contributed by atoms with Crippen molar-refractivity contribution in [3.8, 4) is 11.5 Å². The van der Waals surface area contributed by atoms with Gasteiger partial charge in [-0.3, -0.25) is 24.0 Å². The number of nitrogens with zero attached hydrogens (tertiary/aromatic N) is 2. The molecule has 5 aliphatic rings. The number of hydrogen-bond donors (Lipinski definition) is 7. The van der Waals surface area contributed by atoms with Crippen LogP contribution >= 0.6 is 0 Å². The van der Waals surface area contributed by atoms with Crippen LogP contribution in [0.2, 0.25) is 0 Å². The van der Waals surface area contributed by atoms with E-state index in [1.165, 1.54) is 65.2 Å². The fourth-order valence-corrected chi connectivity index (χ4v) is 7.95. The number of nitrogens with one attached hydrogen (secondary N) is 2. The van der Waals surface area contributed by atoms with E-state index in [1.807, 2.05) is 0 Å². The zero-order valence-corrected chi connectivity index (χ0v) is 36.9. The molecule has 65 heavy (non-hydrogen) atoms. The van der Waals surface area contributed by atoms with Crippen LogP contribution in [0.1, 0.15) is 87.5 Å². The maximum absolute atomic E-state index is 14.7. The molecule has 1 aromatic carbocycles. The fraction of sp³-hybridized carbons (Fsp3) is 0.477. The number of nitrogens with two attached hydrogens (primary N) is 2. The topological polar surface area (TPSA) is 315 Å². The van der Waals surface area contributed by atoms with Crippen molar-refractivity contribution >= 4 is 35.1 Å². The van der Waals surface area contributed by atoms with Crippen molar-refractivity contribution in [3.05, 3.63) is 87.3 Å². The van der Waals surface area contributed by atoms with E-state index in [2.05, 4.69) is 15.8 Å². The quantitative estimate of drug-likeness (QED) is 0.200. The average Bonchev–Trinajstić information content (AvgIpc) is 3.87. The van der Waals surface area contributed by atoms with E-state index in [0.29, 0.717) is 0 Å². The Kier molecular flexibility index (Phi) is 14.5. The highest BCUT2D eigenvalue weighted by Crippen LogP contribution is 2.49. The lowest BCUT2D eigenvalue weighted by molar-refractivity contribution is -0.116. The Morgan fingerprint density at radius 2 is 1.71 bits per heavy atom. The second-order valence-corrected chi connectivity index (χ2v) is 16.4. The first-order valence-corrected chi connectivity index (χ1v) is 20.8. The maximum Gasteiger partial charge on any atom is 0.407 e. The van der Waals surface area contributed by atoms with Crippen LogP contribution < -0.4 is 26.8 Å². The molecule has 21 heteroatoms. The molecule has 1 fully saturated rings. The minimum Gasteiger partial charge on any atom is -0.507 e. The number of carbonyl (C=O) groups excluding carboxylic acids is 6. The number of ketones is 4. The number of hydrogen-bond acceptors (Lipinski definition) is 19. The number of aliphatic hydroxyl groups excluding tert-OH is 2. The fourth-order valence-electron chi connectivity index (χ4n) is 7.95. The zero-order valence-electron chi connectivity index (χ0n) is 36.9. The van der Waals surface area contributed by atoms with Gasteiger partial charge in [0.15, 0.2) is 11.5 Å². The minimum atomic E-state index is -2.18. The number of amides is 2. The third-order valence-corrected chi connectivity index (χ3v) is 12.0. The van der Waals surface area contributed by atoms with E-state index in [9.17, 15) is 44.1 Å². The van der Waals surface area contributed by atoms with Gasteiger partial charge in [0.05, 0.1) is 73.1 Å². The highest BCUT2D eigenvalue weighted by molar-refractivity contribution is 6.32. The molecule has 2 aromatic rings. The van der Waals surface area contributed by atoms with Crippen LogP contribution in [-0.2, 0) is 30.3 Å². The molecular weight excluding hydrogens is 853 g/mol. The average molecular weight is 907 g/mol. The summed E-state index contributed by atoms with van der Waals surface area (Å²) in [6.45, 7) is 8.99. The molecule has 350 valence electrons. The molecule has 4 aliphatic heterocycles. The summed E-state index contributed by atoms with van der Waals surface area (Å²) in [5.41, 5.74) is 11.2. The number of benzene rings is 1. The van der Waals surface area contributed by atoms with Gasteiger partial charge in [0.1, 0.15) is 34.7 Å². The Morgan fingerprint density at radius 1 is 1.02 bits per heavy atom. The molecule has 0 saturated carbocycles. The van der Waals surface area contributed by atoms with E-state index in [4.69, 9.17) is 39.7 Å². The molecule has 0 unspecified atom stereocenters. The Bertz CT molecular complexity index is 2380. The summed E-state index contributed by atoms with van der Waals surface area (Å²) in [6.07, 6.45) is 0.113. The number of aromatic nitrogens is 1. The highest BCUT2D eigenvalue weighted by atomic mass is 16.7. The van der Waals surface area contributed by atoms with Gasteiger partial charge in [0.2, 0.25) is 11.6 Å².